The highest BCUT2D eigenvalue weighted by atomic mass is 16.3. The van der Waals surface area contributed by atoms with Gasteiger partial charge in [0.25, 0.3) is 11.8 Å². The molecule has 7 rings (SSSR count). The monoisotopic (exact) mass is 748 g/mol. The van der Waals surface area contributed by atoms with Gasteiger partial charge in [0, 0.05) is 62.5 Å². The summed E-state index contributed by atoms with van der Waals surface area (Å²) in [7, 11) is 0. The number of hydrogen-bond acceptors (Lipinski definition) is 10. The van der Waals surface area contributed by atoms with Crippen molar-refractivity contribution in [1.29, 1.82) is 0 Å². The molecule has 4 amide bonds. The second-order valence-corrected chi connectivity index (χ2v) is 15.3. The summed E-state index contributed by atoms with van der Waals surface area (Å²) < 4.78 is 0. The SMILES string of the molecule is O=C1CCC(N2C(=O)c3ccc(NCCCCCCCCNCCc4ccc(N5C[C@H]6C[C@@H]5CN6CCC(=O)c5ccccc5O)cc4)cc3C2=O)C(=O)N1. The van der Waals surface area contributed by atoms with Crippen LogP contribution in [0.4, 0.5) is 11.4 Å². The van der Waals surface area contributed by atoms with E-state index in [1.807, 2.05) is 0 Å². The van der Waals surface area contributed by atoms with E-state index in [2.05, 4.69) is 50.0 Å². The first-order valence-electron chi connectivity index (χ1n) is 20.0. The average Bonchev–Trinajstić information content (AvgIpc) is 3.86. The Balaban J connectivity index is 0.711. The maximum absolute atomic E-state index is 13.0. The molecule has 3 atom stereocenters. The van der Waals surface area contributed by atoms with Crippen LogP contribution < -0.4 is 20.9 Å². The summed E-state index contributed by atoms with van der Waals surface area (Å²) in [5.41, 5.74) is 4.39. The number of phenolic OH excluding ortho intramolecular Hbond substituents is 1. The standard InChI is InChI=1S/C43H52N6O6/c50-38-10-6-5-9-35(38)39(51)20-24-47-27-33-26-32(47)28-48(33)31-14-11-29(12-15-31)19-23-44-21-7-3-1-2-4-8-22-45-30-13-16-34-36(25-30)43(55)49(42(34)54)37-17-18-40(52)46-41(37)53/h5-6,9-16,25,32-33,37,44-45,50H,1-4,7-8,17-24,26-28H2,(H,46,52,53)/t32-,33-,37?/m1/s1. The molecule has 4 aliphatic rings. The number of imide groups is 2. The number of ketones is 1. The molecule has 0 radical (unpaired) electrons. The van der Waals surface area contributed by atoms with Crippen LogP contribution >= 0.6 is 0 Å². The first kappa shape index (κ1) is 38.2. The second-order valence-electron chi connectivity index (χ2n) is 15.3. The molecular formula is C43H52N6O6. The number of para-hydroxylation sites is 1. The second kappa shape index (κ2) is 17.6. The highest BCUT2D eigenvalue weighted by molar-refractivity contribution is 6.23. The first-order valence-corrected chi connectivity index (χ1v) is 20.0. The number of piperazine rings is 1. The highest BCUT2D eigenvalue weighted by Gasteiger charge is 2.45. The van der Waals surface area contributed by atoms with Crippen molar-refractivity contribution in [3.63, 3.8) is 0 Å². The van der Waals surface area contributed by atoms with Gasteiger partial charge in [-0.15, -0.1) is 0 Å². The number of anilines is 2. The van der Waals surface area contributed by atoms with Crippen molar-refractivity contribution in [2.45, 2.75) is 88.8 Å². The molecule has 3 aromatic rings. The quantitative estimate of drug-likeness (QED) is 0.0757. The van der Waals surface area contributed by atoms with E-state index in [1.165, 1.54) is 30.5 Å². The number of fused-ring (bicyclic) bond motifs is 3. The minimum atomic E-state index is -0.956. The van der Waals surface area contributed by atoms with Crippen molar-refractivity contribution < 1.29 is 29.1 Å². The van der Waals surface area contributed by atoms with Gasteiger partial charge in [0.1, 0.15) is 11.8 Å². The van der Waals surface area contributed by atoms with Crippen LogP contribution in [0.25, 0.3) is 0 Å². The number of hydrogen-bond donors (Lipinski definition) is 4. The molecule has 12 heteroatoms. The van der Waals surface area contributed by atoms with Gasteiger partial charge in [-0.25, -0.2) is 0 Å². The van der Waals surface area contributed by atoms with Gasteiger partial charge in [-0.1, -0.05) is 49.9 Å². The Hall–Kier alpha value is -5.07. The lowest BCUT2D eigenvalue weighted by molar-refractivity contribution is -0.136. The molecule has 0 aliphatic carbocycles. The Morgan fingerprint density at radius 1 is 0.800 bits per heavy atom. The number of amides is 4. The van der Waals surface area contributed by atoms with Crippen LogP contribution in [0.3, 0.4) is 0 Å². The van der Waals surface area contributed by atoms with E-state index in [0.29, 0.717) is 29.6 Å². The number of aromatic hydroxyl groups is 1. The van der Waals surface area contributed by atoms with Crippen LogP contribution in [-0.2, 0) is 16.0 Å². The molecule has 55 heavy (non-hydrogen) atoms. The topological polar surface area (TPSA) is 151 Å². The number of nitrogens with zero attached hydrogens (tertiary/aromatic N) is 3. The number of carbonyl (C=O) groups excluding carboxylic acids is 5. The van der Waals surface area contributed by atoms with Gasteiger partial charge in [0.05, 0.1) is 16.7 Å². The zero-order valence-electron chi connectivity index (χ0n) is 31.4. The minimum Gasteiger partial charge on any atom is -0.507 e. The molecule has 3 saturated heterocycles. The van der Waals surface area contributed by atoms with Crippen LogP contribution in [0.2, 0.25) is 0 Å². The summed E-state index contributed by atoms with van der Waals surface area (Å²) >= 11 is 0. The maximum atomic E-state index is 13.0. The van der Waals surface area contributed by atoms with Gasteiger partial charge < -0.3 is 20.6 Å². The molecule has 3 fully saturated rings. The molecule has 290 valence electrons. The van der Waals surface area contributed by atoms with Gasteiger partial charge in [0.2, 0.25) is 11.8 Å². The molecule has 3 aromatic carbocycles. The number of unbranched alkanes of at least 4 members (excludes halogenated alkanes) is 5. The zero-order valence-corrected chi connectivity index (χ0v) is 31.4. The average molecular weight is 749 g/mol. The summed E-state index contributed by atoms with van der Waals surface area (Å²) in [5, 5.41) is 19.2. The first-order chi connectivity index (χ1) is 26.8. The van der Waals surface area contributed by atoms with Crippen molar-refractivity contribution in [3.05, 3.63) is 89.0 Å². The summed E-state index contributed by atoms with van der Waals surface area (Å²) in [5.74, 6) is -1.90. The van der Waals surface area contributed by atoms with E-state index in [-0.39, 0.29) is 35.8 Å². The third-order valence-electron chi connectivity index (χ3n) is 11.6. The van der Waals surface area contributed by atoms with Gasteiger partial charge in [0.15, 0.2) is 5.78 Å². The number of benzene rings is 3. The van der Waals surface area contributed by atoms with E-state index in [0.717, 1.165) is 82.0 Å². The Morgan fingerprint density at radius 3 is 2.29 bits per heavy atom. The van der Waals surface area contributed by atoms with Crippen LogP contribution in [-0.4, -0.2) is 102 Å². The number of piperidine rings is 1. The number of carbonyl (C=O) groups is 5. The lowest BCUT2D eigenvalue weighted by atomic mass is 10.0. The number of likely N-dealkylation sites (tertiary alicyclic amines) is 1. The largest absolute Gasteiger partial charge is 0.507 e. The molecule has 4 N–H and O–H groups in total. The fourth-order valence-corrected chi connectivity index (χ4v) is 8.54. The van der Waals surface area contributed by atoms with E-state index in [9.17, 15) is 29.1 Å². The third-order valence-corrected chi connectivity index (χ3v) is 11.6. The maximum Gasteiger partial charge on any atom is 0.262 e. The molecular weight excluding hydrogens is 697 g/mol. The van der Waals surface area contributed by atoms with Crippen molar-refractivity contribution >= 4 is 40.8 Å². The molecule has 0 saturated carbocycles. The smallest absolute Gasteiger partial charge is 0.262 e. The number of phenols is 1. The summed E-state index contributed by atoms with van der Waals surface area (Å²) in [6.07, 6.45) is 9.65. The van der Waals surface area contributed by atoms with Crippen LogP contribution in [0.5, 0.6) is 5.75 Å². The van der Waals surface area contributed by atoms with Crippen molar-refractivity contribution in [2.75, 3.05) is 49.5 Å². The number of rotatable bonds is 19. The van der Waals surface area contributed by atoms with Gasteiger partial charge in [-0.2, -0.15) is 0 Å². The fraction of sp³-hybridized carbons (Fsp3) is 0.465. The molecule has 2 bridgehead atoms. The lowest BCUT2D eigenvalue weighted by Crippen LogP contribution is -2.54. The predicted molar refractivity (Wildman–Crippen MR) is 210 cm³/mol. The molecule has 1 unspecified atom stereocenters. The van der Waals surface area contributed by atoms with E-state index in [1.54, 1.807) is 42.5 Å². The Morgan fingerprint density at radius 2 is 1.55 bits per heavy atom. The molecule has 4 aliphatic heterocycles. The van der Waals surface area contributed by atoms with Crippen molar-refractivity contribution in [2.24, 2.45) is 0 Å². The molecule has 12 nitrogen and oxygen atoms in total. The zero-order chi connectivity index (χ0) is 38.3. The Bertz CT molecular complexity index is 1900. The Kier molecular flexibility index (Phi) is 12.2. The van der Waals surface area contributed by atoms with Crippen LogP contribution in [0.1, 0.15) is 101 Å². The number of nitrogens with one attached hydrogen (secondary N) is 3. The van der Waals surface area contributed by atoms with E-state index >= 15 is 0 Å². The van der Waals surface area contributed by atoms with Crippen LogP contribution in [0, 0.1) is 0 Å². The van der Waals surface area contributed by atoms with Crippen molar-refractivity contribution in [3.8, 4) is 5.75 Å². The van der Waals surface area contributed by atoms with Gasteiger partial charge >= 0.3 is 0 Å². The molecule has 0 aromatic heterocycles. The molecule has 0 spiro atoms. The van der Waals surface area contributed by atoms with E-state index in [4.69, 9.17) is 0 Å². The van der Waals surface area contributed by atoms with Gasteiger partial charge in [-0.3, -0.25) is 39.1 Å². The summed E-state index contributed by atoms with van der Waals surface area (Å²) in [4.78, 5) is 68.3. The normalized spacial score (nSPS) is 20.7. The fourth-order valence-electron chi connectivity index (χ4n) is 8.54. The van der Waals surface area contributed by atoms with Crippen molar-refractivity contribution in [1.82, 2.24) is 20.4 Å². The highest BCUT2D eigenvalue weighted by Crippen LogP contribution is 2.35. The molecule has 4 heterocycles. The van der Waals surface area contributed by atoms with Gasteiger partial charge in [-0.05, 0) is 93.2 Å². The van der Waals surface area contributed by atoms with E-state index < -0.39 is 23.8 Å². The third kappa shape index (κ3) is 8.92. The summed E-state index contributed by atoms with van der Waals surface area (Å²) in [6.45, 7) is 5.45. The van der Waals surface area contributed by atoms with Crippen LogP contribution in [0.15, 0.2) is 66.7 Å². The summed E-state index contributed by atoms with van der Waals surface area (Å²) in [6, 6.07) is 20.9. The minimum absolute atomic E-state index is 0.00134. The predicted octanol–water partition coefficient (Wildman–Crippen LogP) is 4.91. The Labute approximate surface area is 322 Å². The number of Topliss-reactive ketones (excluding diaryl/α,β-unsaturated/α-hetero) is 1. The lowest BCUT2D eigenvalue weighted by Gasteiger charge is -2.35.